The van der Waals surface area contributed by atoms with Crippen LogP contribution in [0.5, 0.6) is 0 Å². The van der Waals surface area contributed by atoms with Gasteiger partial charge in [0.25, 0.3) is 5.56 Å². The Balaban J connectivity index is 1.76. The summed E-state index contributed by atoms with van der Waals surface area (Å²) in [6, 6.07) is 2.36. The second-order valence-electron chi connectivity index (χ2n) is 5.93. The van der Waals surface area contributed by atoms with E-state index in [4.69, 9.17) is 0 Å². The summed E-state index contributed by atoms with van der Waals surface area (Å²) in [6.07, 6.45) is 9.42. The maximum atomic E-state index is 12.0. The van der Waals surface area contributed by atoms with Crippen LogP contribution < -0.4 is 15.8 Å². The minimum Gasteiger partial charge on any atom is -0.373 e. The van der Waals surface area contributed by atoms with Gasteiger partial charge >= 0.3 is 0 Å². The van der Waals surface area contributed by atoms with Gasteiger partial charge in [0.2, 0.25) is 0 Å². The smallest absolute Gasteiger partial charge is 0.268 e. The zero-order valence-corrected chi connectivity index (χ0v) is 13.3. The lowest BCUT2D eigenvalue weighted by atomic mass is 9.95. The summed E-state index contributed by atoms with van der Waals surface area (Å²) in [4.78, 5) is 14.0. The standard InChI is InChI=1S/C16H28N4O/c1-3-19(2)15-12-16(21)20(18-13-15)11-7-10-17-14-8-5-4-6-9-14/h12-14,17H,3-11H2,1-2H3. The van der Waals surface area contributed by atoms with E-state index in [0.29, 0.717) is 12.6 Å². The van der Waals surface area contributed by atoms with Crippen molar-refractivity contribution in [1.29, 1.82) is 0 Å². The van der Waals surface area contributed by atoms with E-state index in [-0.39, 0.29) is 5.56 Å². The van der Waals surface area contributed by atoms with Gasteiger partial charge in [0.1, 0.15) is 0 Å². The van der Waals surface area contributed by atoms with E-state index in [1.54, 1.807) is 16.9 Å². The molecule has 1 saturated carbocycles. The number of rotatable bonds is 7. The van der Waals surface area contributed by atoms with E-state index in [9.17, 15) is 4.79 Å². The molecule has 1 N–H and O–H groups in total. The van der Waals surface area contributed by atoms with Crippen LogP contribution >= 0.6 is 0 Å². The summed E-state index contributed by atoms with van der Waals surface area (Å²) >= 11 is 0. The Bertz CT molecular complexity index is 479. The van der Waals surface area contributed by atoms with Crippen LogP contribution in [0.25, 0.3) is 0 Å². The molecule has 1 aliphatic rings. The first-order chi connectivity index (χ1) is 10.2. The van der Waals surface area contributed by atoms with Crippen LogP contribution in [0.1, 0.15) is 45.4 Å². The maximum absolute atomic E-state index is 12.0. The lowest BCUT2D eigenvalue weighted by molar-refractivity contribution is 0.366. The molecule has 118 valence electrons. The maximum Gasteiger partial charge on any atom is 0.268 e. The fraction of sp³-hybridized carbons (Fsp3) is 0.750. The molecule has 5 heteroatoms. The van der Waals surface area contributed by atoms with Gasteiger partial charge in [-0.05, 0) is 32.7 Å². The van der Waals surface area contributed by atoms with Crippen molar-refractivity contribution in [2.24, 2.45) is 0 Å². The molecule has 1 aromatic heterocycles. The van der Waals surface area contributed by atoms with Gasteiger partial charge in [0, 0.05) is 32.2 Å². The Hall–Kier alpha value is -1.36. The lowest BCUT2D eigenvalue weighted by Crippen LogP contribution is -2.33. The number of nitrogens with one attached hydrogen (secondary N) is 1. The van der Waals surface area contributed by atoms with E-state index >= 15 is 0 Å². The molecule has 0 amide bonds. The Morgan fingerprint density at radius 3 is 2.81 bits per heavy atom. The second-order valence-corrected chi connectivity index (χ2v) is 5.93. The van der Waals surface area contributed by atoms with Crippen molar-refractivity contribution in [2.45, 2.75) is 58.0 Å². The van der Waals surface area contributed by atoms with Crippen molar-refractivity contribution in [3.8, 4) is 0 Å². The quantitative estimate of drug-likeness (QED) is 0.781. The van der Waals surface area contributed by atoms with Gasteiger partial charge in [-0.3, -0.25) is 4.79 Å². The highest BCUT2D eigenvalue weighted by molar-refractivity contribution is 5.41. The SMILES string of the molecule is CCN(C)c1cnn(CCCNC2CCCCC2)c(=O)c1. The largest absolute Gasteiger partial charge is 0.373 e. The molecule has 0 saturated heterocycles. The van der Waals surface area contributed by atoms with Gasteiger partial charge in [0.05, 0.1) is 11.9 Å². The van der Waals surface area contributed by atoms with Crippen LogP contribution in [0.4, 0.5) is 5.69 Å². The fourth-order valence-corrected chi connectivity index (χ4v) is 2.83. The molecule has 5 nitrogen and oxygen atoms in total. The van der Waals surface area contributed by atoms with Crippen molar-refractivity contribution in [1.82, 2.24) is 15.1 Å². The molecule has 0 aliphatic heterocycles. The summed E-state index contributed by atoms with van der Waals surface area (Å²) in [5.74, 6) is 0. The molecule has 0 radical (unpaired) electrons. The van der Waals surface area contributed by atoms with Gasteiger partial charge in [-0.25, -0.2) is 4.68 Å². The summed E-state index contributed by atoms with van der Waals surface area (Å²) in [7, 11) is 1.97. The first kappa shape index (κ1) is 16.0. The highest BCUT2D eigenvalue weighted by Crippen LogP contribution is 2.17. The minimum absolute atomic E-state index is 0.00883. The predicted molar refractivity (Wildman–Crippen MR) is 86.9 cm³/mol. The third-order valence-electron chi connectivity index (χ3n) is 4.36. The van der Waals surface area contributed by atoms with E-state index in [2.05, 4.69) is 17.3 Å². The Morgan fingerprint density at radius 2 is 2.14 bits per heavy atom. The zero-order valence-electron chi connectivity index (χ0n) is 13.3. The van der Waals surface area contributed by atoms with E-state index in [0.717, 1.165) is 25.2 Å². The molecule has 1 aromatic rings. The molecular formula is C16H28N4O. The fourth-order valence-electron chi connectivity index (χ4n) is 2.83. The minimum atomic E-state index is -0.00883. The number of anilines is 1. The van der Waals surface area contributed by atoms with E-state index < -0.39 is 0 Å². The van der Waals surface area contributed by atoms with Gasteiger partial charge in [-0.2, -0.15) is 5.10 Å². The van der Waals surface area contributed by atoms with Gasteiger partial charge in [-0.1, -0.05) is 19.3 Å². The summed E-state index contributed by atoms with van der Waals surface area (Å²) < 4.78 is 1.57. The molecule has 0 unspecified atom stereocenters. The van der Waals surface area contributed by atoms with Crippen molar-refractivity contribution in [2.75, 3.05) is 25.0 Å². The number of aromatic nitrogens is 2. The highest BCUT2D eigenvalue weighted by atomic mass is 16.1. The van der Waals surface area contributed by atoms with Crippen LogP contribution in [0.3, 0.4) is 0 Å². The van der Waals surface area contributed by atoms with Crippen molar-refractivity contribution < 1.29 is 0 Å². The normalized spacial score (nSPS) is 16.1. The highest BCUT2D eigenvalue weighted by Gasteiger charge is 2.11. The first-order valence-corrected chi connectivity index (χ1v) is 8.22. The molecule has 21 heavy (non-hydrogen) atoms. The van der Waals surface area contributed by atoms with Crippen molar-refractivity contribution in [3.05, 3.63) is 22.6 Å². The molecule has 1 aliphatic carbocycles. The van der Waals surface area contributed by atoms with Crippen molar-refractivity contribution in [3.63, 3.8) is 0 Å². The van der Waals surface area contributed by atoms with Crippen molar-refractivity contribution >= 4 is 5.69 Å². The van der Waals surface area contributed by atoms with Crippen LogP contribution in [0, 0.1) is 0 Å². The summed E-state index contributed by atoms with van der Waals surface area (Å²) in [5.41, 5.74) is 0.879. The Morgan fingerprint density at radius 1 is 1.38 bits per heavy atom. The van der Waals surface area contributed by atoms with Gasteiger partial charge in [-0.15, -0.1) is 0 Å². The molecule has 0 aromatic carbocycles. The summed E-state index contributed by atoms with van der Waals surface area (Å²) in [6.45, 7) is 4.59. The second kappa shape index (κ2) is 8.17. The van der Waals surface area contributed by atoms with Crippen LogP contribution in [0.2, 0.25) is 0 Å². The molecular weight excluding hydrogens is 264 g/mol. The molecule has 0 atom stereocenters. The molecule has 0 spiro atoms. The average molecular weight is 292 g/mol. The number of hydrogen-bond donors (Lipinski definition) is 1. The van der Waals surface area contributed by atoms with Crippen LogP contribution in [0.15, 0.2) is 17.1 Å². The van der Waals surface area contributed by atoms with Crippen LogP contribution in [-0.2, 0) is 6.54 Å². The zero-order chi connectivity index (χ0) is 15.1. The predicted octanol–water partition coefficient (Wildman–Crippen LogP) is 2.01. The first-order valence-electron chi connectivity index (χ1n) is 8.22. The van der Waals surface area contributed by atoms with E-state index in [1.165, 1.54) is 32.1 Å². The average Bonchev–Trinajstić information content (AvgIpc) is 2.53. The Labute approximate surface area is 127 Å². The molecule has 1 heterocycles. The lowest BCUT2D eigenvalue weighted by Gasteiger charge is -2.22. The van der Waals surface area contributed by atoms with Gasteiger partial charge in [0.15, 0.2) is 0 Å². The summed E-state index contributed by atoms with van der Waals surface area (Å²) in [5, 5.41) is 7.86. The number of nitrogens with zero attached hydrogens (tertiary/aromatic N) is 3. The Kier molecular flexibility index (Phi) is 6.23. The third kappa shape index (κ3) is 4.84. The molecule has 1 fully saturated rings. The molecule has 2 rings (SSSR count). The number of aryl methyl sites for hydroxylation is 1. The van der Waals surface area contributed by atoms with Crippen LogP contribution in [-0.4, -0.2) is 36.0 Å². The number of hydrogen-bond acceptors (Lipinski definition) is 4. The third-order valence-corrected chi connectivity index (χ3v) is 4.36. The monoisotopic (exact) mass is 292 g/mol. The topological polar surface area (TPSA) is 50.2 Å². The molecule has 0 bridgehead atoms. The van der Waals surface area contributed by atoms with E-state index in [1.807, 2.05) is 11.9 Å². The van der Waals surface area contributed by atoms with Gasteiger partial charge < -0.3 is 10.2 Å².